The zero-order valence-corrected chi connectivity index (χ0v) is 17.9. The van der Waals surface area contributed by atoms with Gasteiger partial charge in [-0.15, -0.1) is 10.2 Å². The maximum atomic E-state index is 12.8. The molecular weight excluding hydrogens is 390 g/mol. The van der Waals surface area contributed by atoms with Crippen molar-refractivity contribution in [2.45, 2.75) is 44.3 Å². The molecule has 0 saturated carbocycles. The molecule has 29 heavy (non-hydrogen) atoms. The molecule has 0 bridgehead atoms. The number of thioether (sulfide) groups is 1. The minimum Gasteiger partial charge on any atom is -0.355 e. The average Bonchev–Trinajstić information content (AvgIpc) is 3.46. The third kappa shape index (κ3) is 4.40. The van der Waals surface area contributed by atoms with Crippen molar-refractivity contribution in [1.29, 1.82) is 0 Å². The Balaban J connectivity index is 1.42. The lowest BCUT2D eigenvalue weighted by Gasteiger charge is -2.23. The summed E-state index contributed by atoms with van der Waals surface area (Å²) in [7, 11) is 0. The van der Waals surface area contributed by atoms with Crippen molar-refractivity contribution >= 4 is 35.3 Å². The number of hydrogen-bond acceptors (Lipinski definition) is 9. The van der Waals surface area contributed by atoms with Gasteiger partial charge < -0.3 is 15.5 Å². The lowest BCUT2D eigenvalue weighted by atomic mass is 10.2. The largest absolute Gasteiger partial charge is 0.355 e. The van der Waals surface area contributed by atoms with E-state index in [1.165, 1.54) is 37.7 Å². The van der Waals surface area contributed by atoms with Crippen LogP contribution < -0.4 is 10.6 Å². The van der Waals surface area contributed by atoms with Crippen LogP contribution in [0.4, 0.5) is 11.9 Å². The topological polar surface area (TPSA) is 104 Å². The Morgan fingerprint density at radius 1 is 1.10 bits per heavy atom. The molecule has 2 N–H and O–H groups in total. The van der Waals surface area contributed by atoms with Crippen LogP contribution in [0.25, 0.3) is 5.78 Å². The molecule has 2 aliphatic rings. The summed E-state index contributed by atoms with van der Waals surface area (Å²) >= 11 is 1.39. The fraction of sp³-hybridized carbons (Fsp3) is 0.722. The molecule has 1 atom stereocenters. The van der Waals surface area contributed by atoms with E-state index in [1.54, 1.807) is 4.40 Å². The standard InChI is InChI=1S/C18H29N9OS/c1-3-19-15-21-16(20-4-2)27-17(22-15)23-24-18(27)29-12-14(28)26-10-7-13(11-26)25-8-5-6-9-25/h13H,3-12H2,1-2H3,(H2,19,20,21,22,23). The lowest BCUT2D eigenvalue weighted by Crippen LogP contribution is -2.37. The summed E-state index contributed by atoms with van der Waals surface area (Å²) in [6, 6.07) is 0.526. The Hall–Kier alpha value is -2.14. The van der Waals surface area contributed by atoms with Gasteiger partial charge in [0.2, 0.25) is 17.8 Å². The molecule has 10 nitrogen and oxygen atoms in total. The number of amides is 1. The number of carbonyl (C=O) groups excluding carboxylic acids is 1. The second kappa shape index (κ2) is 9.12. The highest BCUT2D eigenvalue weighted by molar-refractivity contribution is 7.99. The van der Waals surface area contributed by atoms with E-state index in [9.17, 15) is 4.79 Å². The number of nitrogens with zero attached hydrogens (tertiary/aromatic N) is 7. The zero-order chi connectivity index (χ0) is 20.2. The third-order valence-corrected chi connectivity index (χ3v) is 6.33. The van der Waals surface area contributed by atoms with Crippen LogP contribution in [0.15, 0.2) is 5.16 Å². The quantitative estimate of drug-likeness (QED) is 0.610. The molecule has 0 radical (unpaired) electrons. The first-order valence-corrected chi connectivity index (χ1v) is 11.4. The van der Waals surface area contributed by atoms with Crippen LogP contribution in [-0.4, -0.2) is 91.3 Å². The predicted octanol–water partition coefficient (Wildman–Crippen LogP) is 1.17. The van der Waals surface area contributed by atoms with Gasteiger partial charge in [-0.1, -0.05) is 11.8 Å². The second-order valence-electron chi connectivity index (χ2n) is 7.36. The van der Waals surface area contributed by atoms with Crippen molar-refractivity contribution in [3.63, 3.8) is 0 Å². The van der Waals surface area contributed by atoms with E-state index in [-0.39, 0.29) is 5.91 Å². The summed E-state index contributed by atoms with van der Waals surface area (Å²) in [6.07, 6.45) is 3.65. The number of aromatic nitrogens is 5. The summed E-state index contributed by atoms with van der Waals surface area (Å²) in [4.78, 5) is 26.2. The molecule has 2 aromatic heterocycles. The van der Waals surface area contributed by atoms with Crippen LogP contribution in [-0.2, 0) is 4.79 Å². The molecule has 1 unspecified atom stereocenters. The molecule has 2 aliphatic heterocycles. The molecule has 0 spiro atoms. The molecule has 158 valence electrons. The summed E-state index contributed by atoms with van der Waals surface area (Å²) in [6.45, 7) is 9.47. The van der Waals surface area contributed by atoms with Gasteiger partial charge in [-0.05, 0) is 46.2 Å². The van der Waals surface area contributed by atoms with Gasteiger partial charge in [-0.3, -0.25) is 9.69 Å². The van der Waals surface area contributed by atoms with Crippen LogP contribution in [0.1, 0.15) is 33.1 Å². The van der Waals surface area contributed by atoms with Gasteiger partial charge in [0.25, 0.3) is 5.78 Å². The van der Waals surface area contributed by atoms with Gasteiger partial charge in [-0.2, -0.15) is 9.97 Å². The van der Waals surface area contributed by atoms with Gasteiger partial charge >= 0.3 is 0 Å². The number of hydrogen-bond donors (Lipinski definition) is 2. The van der Waals surface area contributed by atoms with Gasteiger partial charge in [0.15, 0.2) is 5.16 Å². The number of nitrogens with one attached hydrogen (secondary N) is 2. The van der Waals surface area contributed by atoms with Crippen LogP contribution >= 0.6 is 11.8 Å². The molecule has 2 aromatic rings. The highest BCUT2D eigenvalue weighted by Gasteiger charge is 2.31. The number of anilines is 2. The highest BCUT2D eigenvalue weighted by atomic mass is 32.2. The van der Waals surface area contributed by atoms with E-state index in [1.807, 2.05) is 18.7 Å². The van der Waals surface area contributed by atoms with Gasteiger partial charge in [-0.25, -0.2) is 4.40 Å². The van der Waals surface area contributed by atoms with E-state index in [4.69, 9.17) is 0 Å². The Kier molecular flexibility index (Phi) is 6.34. The molecule has 11 heteroatoms. The van der Waals surface area contributed by atoms with Gasteiger partial charge in [0.1, 0.15) is 0 Å². The Morgan fingerprint density at radius 3 is 2.66 bits per heavy atom. The monoisotopic (exact) mass is 419 g/mol. The van der Waals surface area contributed by atoms with Crippen molar-refractivity contribution < 1.29 is 4.79 Å². The molecule has 2 fully saturated rings. The maximum Gasteiger partial charge on any atom is 0.261 e. The van der Waals surface area contributed by atoms with Crippen molar-refractivity contribution in [1.82, 2.24) is 34.4 Å². The van der Waals surface area contributed by atoms with Crippen molar-refractivity contribution in [3.8, 4) is 0 Å². The first-order valence-electron chi connectivity index (χ1n) is 10.4. The summed E-state index contributed by atoms with van der Waals surface area (Å²) in [5, 5.41) is 15.4. The molecule has 4 heterocycles. The number of carbonyl (C=O) groups is 1. The molecule has 4 rings (SSSR count). The predicted molar refractivity (Wildman–Crippen MR) is 113 cm³/mol. The minimum atomic E-state index is 0.156. The van der Waals surface area contributed by atoms with E-state index >= 15 is 0 Å². The summed E-state index contributed by atoms with van der Waals surface area (Å²) in [5.41, 5.74) is 0. The Bertz CT molecular complexity index is 851. The van der Waals surface area contributed by atoms with Crippen molar-refractivity contribution in [2.75, 3.05) is 55.7 Å². The first kappa shape index (κ1) is 20.1. The van der Waals surface area contributed by atoms with E-state index in [0.717, 1.165) is 26.1 Å². The van der Waals surface area contributed by atoms with Gasteiger partial charge in [0.05, 0.1) is 5.75 Å². The number of rotatable bonds is 8. The second-order valence-corrected chi connectivity index (χ2v) is 8.31. The Morgan fingerprint density at radius 2 is 1.90 bits per heavy atom. The van der Waals surface area contributed by atoms with E-state index in [0.29, 0.717) is 41.2 Å². The molecule has 0 aromatic carbocycles. The molecule has 0 aliphatic carbocycles. The average molecular weight is 420 g/mol. The smallest absolute Gasteiger partial charge is 0.261 e. The molecular formula is C18H29N9OS. The van der Waals surface area contributed by atoms with Crippen LogP contribution in [0.2, 0.25) is 0 Å². The summed E-state index contributed by atoms with van der Waals surface area (Å²) < 4.78 is 1.78. The zero-order valence-electron chi connectivity index (χ0n) is 17.1. The van der Waals surface area contributed by atoms with Crippen LogP contribution in [0.3, 0.4) is 0 Å². The van der Waals surface area contributed by atoms with Crippen LogP contribution in [0.5, 0.6) is 0 Å². The van der Waals surface area contributed by atoms with E-state index in [2.05, 4.69) is 35.7 Å². The van der Waals surface area contributed by atoms with E-state index < -0.39 is 0 Å². The van der Waals surface area contributed by atoms with Gasteiger partial charge in [0, 0.05) is 32.2 Å². The lowest BCUT2D eigenvalue weighted by molar-refractivity contribution is -0.127. The van der Waals surface area contributed by atoms with Crippen LogP contribution in [0, 0.1) is 0 Å². The summed E-state index contributed by atoms with van der Waals surface area (Å²) in [5.74, 6) is 2.11. The SMILES string of the molecule is CCNc1nc(NCC)n2c(SCC(=O)N3CCC(N4CCCC4)C3)nnc2n1. The fourth-order valence-electron chi connectivity index (χ4n) is 3.99. The van der Waals surface area contributed by atoms with Crippen molar-refractivity contribution in [3.05, 3.63) is 0 Å². The van der Waals surface area contributed by atoms with Crippen molar-refractivity contribution in [2.24, 2.45) is 0 Å². The normalized spacial score (nSPS) is 19.9. The highest BCUT2D eigenvalue weighted by Crippen LogP contribution is 2.24. The maximum absolute atomic E-state index is 12.8. The number of likely N-dealkylation sites (tertiary alicyclic amines) is 2. The molecule has 2 saturated heterocycles. The molecule has 1 amide bonds. The Labute approximate surface area is 174 Å². The fourth-order valence-corrected chi connectivity index (χ4v) is 4.82. The first-order chi connectivity index (χ1) is 14.2. The minimum absolute atomic E-state index is 0.156. The number of fused-ring (bicyclic) bond motifs is 1. The third-order valence-electron chi connectivity index (χ3n) is 5.41.